The molecule has 1 amide bonds. The van der Waals surface area contributed by atoms with E-state index in [1.165, 1.54) is 5.56 Å². The minimum atomic E-state index is -0.104. The Balaban J connectivity index is 1.48. The van der Waals surface area contributed by atoms with Gasteiger partial charge in [-0.1, -0.05) is 18.2 Å². The second kappa shape index (κ2) is 6.36. The van der Waals surface area contributed by atoms with E-state index < -0.39 is 0 Å². The van der Waals surface area contributed by atoms with Gasteiger partial charge in [-0.05, 0) is 44.4 Å². The molecule has 0 radical (unpaired) electrons. The lowest BCUT2D eigenvalue weighted by atomic mass is 10.1. The van der Waals surface area contributed by atoms with E-state index >= 15 is 0 Å². The van der Waals surface area contributed by atoms with Crippen LogP contribution in [0.2, 0.25) is 0 Å². The summed E-state index contributed by atoms with van der Waals surface area (Å²) in [5.74, 6) is 0.213. The van der Waals surface area contributed by atoms with E-state index in [4.69, 9.17) is 0 Å². The van der Waals surface area contributed by atoms with Crippen molar-refractivity contribution in [3.05, 3.63) is 42.5 Å². The fourth-order valence-corrected chi connectivity index (χ4v) is 4.04. The van der Waals surface area contributed by atoms with Gasteiger partial charge in [0.05, 0.1) is 12.6 Å². The van der Waals surface area contributed by atoms with Crippen LogP contribution in [0.3, 0.4) is 0 Å². The molecule has 126 valence electrons. The van der Waals surface area contributed by atoms with Gasteiger partial charge in [0, 0.05) is 18.3 Å². The van der Waals surface area contributed by atoms with E-state index in [2.05, 4.69) is 27.1 Å². The smallest absolute Gasteiger partial charge is 0.244 e. The molecular formula is C18H23N5O. The van der Waals surface area contributed by atoms with Crippen molar-refractivity contribution in [3.8, 4) is 0 Å². The highest BCUT2D eigenvalue weighted by Gasteiger charge is 2.36. The first-order chi connectivity index (χ1) is 11.7. The Morgan fingerprint density at radius 1 is 1.33 bits per heavy atom. The Labute approximate surface area is 142 Å². The summed E-state index contributed by atoms with van der Waals surface area (Å²) in [6.07, 6.45) is 6.51. The predicted octanol–water partition coefficient (Wildman–Crippen LogP) is 1.72. The van der Waals surface area contributed by atoms with Gasteiger partial charge in [-0.15, -0.1) is 0 Å². The number of para-hydroxylation sites is 1. The van der Waals surface area contributed by atoms with Crippen LogP contribution in [0.25, 0.3) is 0 Å². The maximum absolute atomic E-state index is 13.1. The van der Waals surface area contributed by atoms with Gasteiger partial charge in [0.1, 0.15) is 12.7 Å². The lowest BCUT2D eigenvalue weighted by Gasteiger charge is -2.32. The van der Waals surface area contributed by atoms with Crippen molar-refractivity contribution in [3.63, 3.8) is 0 Å². The van der Waals surface area contributed by atoms with Gasteiger partial charge < -0.3 is 4.90 Å². The molecule has 2 atom stereocenters. The van der Waals surface area contributed by atoms with Crippen LogP contribution in [0.4, 0.5) is 5.69 Å². The maximum atomic E-state index is 13.1. The fourth-order valence-electron chi connectivity index (χ4n) is 4.04. The third kappa shape index (κ3) is 2.71. The second-order valence-corrected chi connectivity index (χ2v) is 6.70. The Morgan fingerprint density at radius 2 is 2.21 bits per heavy atom. The van der Waals surface area contributed by atoms with Crippen LogP contribution in [-0.4, -0.2) is 50.7 Å². The highest BCUT2D eigenvalue weighted by atomic mass is 16.2. The zero-order valence-corrected chi connectivity index (χ0v) is 14.0. The molecule has 1 aromatic carbocycles. The third-order valence-electron chi connectivity index (χ3n) is 5.30. The van der Waals surface area contributed by atoms with Crippen LogP contribution in [0, 0.1) is 0 Å². The lowest BCUT2D eigenvalue weighted by Crippen LogP contribution is -2.49. The highest BCUT2D eigenvalue weighted by molar-refractivity contribution is 5.98. The number of aromatic nitrogens is 3. The quantitative estimate of drug-likeness (QED) is 0.859. The molecule has 0 spiro atoms. The maximum Gasteiger partial charge on any atom is 0.244 e. The van der Waals surface area contributed by atoms with Crippen LogP contribution in [0.15, 0.2) is 36.9 Å². The zero-order valence-electron chi connectivity index (χ0n) is 14.0. The van der Waals surface area contributed by atoms with Crippen LogP contribution in [-0.2, 0) is 17.8 Å². The molecule has 0 bridgehead atoms. The predicted molar refractivity (Wildman–Crippen MR) is 91.7 cm³/mol. The largest absolute Gasteiger partial charge is 0.310 e. The molecule has 1 aromatic heterocycles. The Hall–Kier alpha value is -2.21. The average molecular weight is 325 g/mol. The van der Waals surface area contributed by atoms with Gasteiger partial charge in [0.25, 0.3) is 0 Å². The lowest BCUT2D eigenvalue weighted by molar-refractivity contribution is -0.123. The van der Waals surface area contributed by atoms with Crippen LogP contribution >= 0.6 is 0 Å². The molecule has 3 heterocycles. The van der Waals surface area contributed by atoms with Crippen molar-refractivity contribution in [2.24, 2.45) is 0 Å². The molecule has 6 heteroatoms. The number of amides is 1. The van der Waals surface area contributed by atoms with Gasteiger partial charge in [-0.3, -0.25) is 14.4 Å². The van der Waals surface area contributed by atoms with E-state index in [9.17, 15) is 4.79 Å². The molecular weight excluding hydrogens is 302 g/mol. The number of benzene rings is 1. The number of anilines is 1. The van der Waals surface area contributed by atoms with Gasteiger partial charge >= 0.3 is 0 Å². The first-order valence-corrected chi connectivity index (χ1v) is 8.71. The second-order valence-electron chi connectivity index (χ2n) is 6.70. The number of hydrogen-bond donors (Lipinski definition) is 0. The number of rotatable bonds is 4. The van der Waals surface area contributed by atoms with Crippen LogP contribution in [0.1, 0.15) is 25.3 Å². The Morgan fingerprint density at radius 3 is 3.04 bits per heavy atom. The number of fused-ring (bicyclic) bond motifs is 1. The summed E-state index contributed by atoms with van der Waals surface area (Å²) in [6, 6.07) is 8.49. The van der Waals surface area contributed by atoms with Crippen molar-refractivity contribution in [1.29, 1.82) is 0 Å². The summed E-state index contributed by atoms with van der Waals surface area (Å²) < 4.78 is 1.87. The molecule has 0 N–H and O–H groups in total. The molecule has 0 aliphatic carbocycles. The molecule has 6 nitrogen and oxygen atoms in total. The molecule has 0 saturated carbocycles. The van der Waals surface area contributed by atoms with E-state index in [0.717, 1.165) is 44.6 Å². The van der Waals surface area contributed by atoms with Crippen molar-refractivity contribution in [2.75, 3.05) is 18.0 Å². The van der Waals surface area contributed by atoms with Gasteiger partial charge in [-0.2, -0.15) is 5.10 Å². The number of nitrogens with zero attached hydrogens (tertiary/aromatic N) is 5. The first-order valence-electron chi connectivity index (χ1n) is 8.71. The monoisotopic (exact) mass is 325 g/mol. The van der Waals surface area contributed by atoms with Crippen LogP contribution < -0.4 is 4.90 Å². The summed E-state index contributed by atoms with van der Waals surface area (Å²) in [5, 5.41) is 4.21. The zero-order chi connectivity index (χ0) is 16.5. The standard InChI is InChI=1S/C18H23N5O/c1-14(18(24)23-10-8-15-5-2-3-7-17(15)23)22-9-4-6-16(22)11-21-13-19-12-20-21/h2-3,5,7,12-14,16H,4,6,8-11H2,1H3/t14-,16-/m1/s1. The van der Waals surface area contributed by atoms with Gasteiger partial charge in [0.15, 0.2) is 0 Å². The van der Waals surface area contributed by atoms with Gasteiger partial charge in [-0.25, -0.2) is 4.98 Å². The van der Waals surface area contributed by atoms with Crippen molar-refractivity contribution in [1.82, 2.24) is 19.7 Å². The summed E-state index contributed by atoms with van der Waals surface area (Å²) in [7, 11) is 0. The normalized spacial score (nSPS) is 21.9. The number of likely N-dealkylation sites (tertiary alicyclic amines) is 1. The van der Waals surface area contributed by atoms with Crippen molar-refractivity contribution >= 4 is 11.6 Å². The Kier molecular flexibility index (Phi) is 4.06. The summed E-state index contributed by atoms with van der Waals surface area (Å²) in [4.78, 5) is 21.4. The summed E-state index contributed by atoms with van der Waals surface area (Å²) in [6.45, 7) is 4.61. The number of carbonyl (C=O) groups is 1. The van der Waals surface area contributed by atoms with E-state index in [0.29, 0.717) is 6.04 Å². The molecule has 2 aliphatic heterocycles. The molecule has 4 rings (SSSR count). The van der Waals surface area contributed by atoms with Crippen LogP contribution in [0.5, 0.6) is 0 Å². The number of hydrogen-bond acceptors (Lipinski definition) is 4. The van der Waals surface area contributed by atoms with Gasteiger partial charge in [0.2, 0.25) is 5.91 Å². The molecule has 0 unspecified atom stereocenters. The first kappa shape index (κ1) is 15.3. The topological polar surface area (TPSA) is 54.3 Å². The third-order valence-corrected chi connectivity index (χ3v) is 5.30. The number of carbonyl (C=O) groups excluding carboxylic acids is 1. The Bertz CT molecular complexity index is 714. The summed E-state index contributed by atoms with van der Waals surface area (Å²) in [5.41, 5.74) is 2.36. The average Bonchev–Trinajstić information content (AvgIpc) is 3.34. The molecule has 1 saturated heterocycles. The molecule has 2 aromatic rings. The van der Waals surface area contributed by atoms with E-state index in [1.807, 2.05) is 28.6 Å². The molecule has 24 heavy (non-hydrogen) atoms. The summed E-state index contributed by atoms with van der Waals surface area (Å²) >= 11 is 0. The van der Waals surface area contributed by atoms with Crippen molar-refractivity contribution in [2.45, 2.75) is 44.8 Å². The highest BCUT2D eigenvalue weighted by Crippen LogP contribution is 2.30. The minimum Gasteiger partial charge on any atom is -0.310 e. The SMILES string of the molecule is C[C@H](C(=O)N1CCc2ccccc21)N1CCC[C@@H]1Cn1cncn1. The van der Waals surface area contributed by atoms with Crippen molar-refractivity contribution < 1.29 is 4.79 Å². The molecule has 1 fully saturated rings. The molecule has 2 aliphatic rings. The fraction of sp³-hybridized carbons (Fsp3) is 0.500. The van der Waals surface area contributed by atoms with E-state index in [1.54, 1.807) is 12.7 Å². The minimum absolute atomic E-state index is 0.104. The van der Waals surface area contributed by atoms with E-state index in [-0.39, 0.29) is 11.9 Å².